The molecule has 2 heterocycles. The maximum atomic E-state index is 12.8. The Morgan fingerprint density at radius 1 is 1.25 bits per heavy atom. The minimum Gasteiger partial charge on any atom is -0.333 e. The lowest BCUT2D eigenvalue weighted by atomic mass is 10.0. The van der Waals surface area contributed by atoms with E-state index in [0.717, 1.165) is 12.1 Å². The molecule has 0 saturated carbocycles. The number of carbonyl (C=O) groups is 1. The fourth-order valence-corrected chi connectivity index (χ4v) is 4.32. The second-order valence-electron chi connectivity index (χ2n) is 6.41. The molecule has 0 aliphatic carbocycles. The molecule has 2 unspecified atom stereocenters. The average molecular weight is 374 g/mol. The van der Waals surface area contributed by atoms with Crippen LogP contribution < -0.4 is 9.62 Å². The standard InChI is InChI=1S/C16H23N3O3S.ClH/c1-11-12(2)18(9-7-17-11)16(20)14-4-5-15-13(10-14)6-8-19(15)23(3,21)22;/h4-5,10-12,17H,6-9H2,1-3H3;1H. The Morgan fingerprint density at radius 3 is 2.62 bits per heavy atom. The molecule has 0 spiro atoms. The molecule has 0 bridgehead atoms. The number of benzene rings is 1. The Hall–Kier alpha value is -1.31. The molecule has 6 nitrogen and oxygen atoms in total. The predicted molar refractivity (Wildman–Crippen MR) is 97.5 cm³/mol. The highest BCUT2D eigenvalue weighted by Crippen LogP contribution is 2.31. The van der Waals surface area contributed by atoms with Crippen molar-refractivity contribution < 1.29 is 13.2 Å². The first-order valence-corrected chi connectivity index (χ1v) is 9.79. The fourth-order valence-electron chi connectivity index (χ4n) is 3.36. The molecule has 24 heavy (non-hydrogen) atoms. The van der Waals surface area contributed by atoms with E-state index < -0.39 is 10.0 Å². The number of nitrogens with zero attached hydrogens (tertiary/aromatic N) is 2. The number of hydrogen-bond acceptors (Lipinski definition) is 4. The van der Waals surface area contributed by atoms with Crippen molar-refractivity contribution in [3.63, 3.8) is 0 Å². The first kappa shape index (κ1) is 19.0. The van der Waals surface area contributed by atoms with Crippen molar-refractivity contribution in [1.29, 1.82) is 0 Å². The second kappa shape index (κ2) is 6.90. The van der Waals surface area contributed by atoms with Gasteiger partial charge < -0.3 is 10.2 Å². The molecule has 1 amide bonds. The number of halogens is 1. The summed E-state index contributed by atoms with van der Waals surface area (Å²) in [6.45, 7) is 6.07. The van der Waals surface area contributed by atoms with Gasteiger partial charge in [0.25, 0.3) is 5.91 Å². The van der Waals surface area contributed by atoms with Crippen LogP contribution in [0.3, 0.4) is 0 Å². The lowest BCUT2D eigenvalue weighted by molar-refractivity contribution is 0.0603. The van der Waals surface area contributed by atoms with Crippen LogP contribution in [0.4, 0.5) is 5.69 Å². The third-order valence-corrected chi connectivity index (χ3v) is 6.05. The summed E-state index contributed by atoms with van der Waals surface area (Å²) in [4.78, 5) is 14.7. The molecule has 3 rings (SSSR count). The largest absolute Gasteiger partial charge is 0.333 e. The van der Waals surface area contributed by atoms with Gasteiger partial charge in [0.15, 0.2) is 0 Å². The Labute approximate surface area is 149 Å². The van der Waals surface area contributed by atoms with Crippen LogP contribution in [0.1, 0.15) is 29.8 Å². The monoisotopic (exact) mass is 373 g/mol. The van der Waals surface area contributed by atoms with E-state index in [1.165, 1.54) is 10.6 Å². The van der Waals surface area contributed by atoms with E-state index in [1.54, 1.807) is 12.1 Å². The summed E-state index contributed by atoms with van der Waals surface area (Å²) >= 11 is 0. The van der Waals surface area contributed by atoms with Crippen LogP contribution in [0.25, 0.3) is 0 Å². The summed E-state index contributed by atoms with van der Waals surface area (Å²) in [6.07, 6.45) is 1.86. The number of carbonyl (C=O) groups excluding carboxylic acids is 1. The van der Waals surface area contributed by atoms with E-state index in [9.17, 15) is 13.2 Å². The van der Waals surface area contributed by atoms with Crippen molar-refractivity contribution in [2.75, 3.05) is 30.2 Å². The van der Waals surface area contributed by atoms with Crippen LogP contribution in [0, 0.1) is 0 Å². The first-order valence-electron chi connectivity index (χ1n) is 7.94. The smallest absolute Gasteiger partial charge is 0.254 e. The van der Waals surface area contributed by atoms with Gasteiger partial charge in [-0.1, -0.05) is 0 Å². The fraction of sp³-hybridized carbons (Fsp3) is 0.562. The third kappa shape index (κ3) is 3.38. The Bertz CT molecular complexity index is 738. The van der Waals surface area contributed by atoms with Crippen LogP contribution in [-0.4, -0.2) is 57.2 Å². The number of rotatable bonds is 2. The van der Waals surface area contributed by atoms with E-state index in [-0.39, 0.29) is 30.4 Å². The molecule has 1 aromatic rings. The van der Waals surface area contributed by atoms with Crippen LogP contribution in [-0.2, 0) is 16.4 Å². The molecule has 2 atom stereocenters. The molecule has 8 heteroatoms. The van der Waals surface area contributed by atoms with Gasteiger partial charge >= 0.3 is 0 Å². The van der Waals surface area contributed by atoms with Gasteiger partial charge in [-0.3, -0.25) is 9.10 Å². The lowest BCUT2D eigenvalue weighted by Crippen LogP contribution is -2.57. The highest BCUT2D eigenvalue weighted by molar-refractivity contribution is 7.92. The van der Waals surface area contributed by atoms with E-state index in [4.69, 9.17) is 0 Å². The number of piperazine rings is 1. The van der Waals surface area contributed by atoms with Gasteiger partial charge in [-0.25, -0.2) is 8.42 Å². The second-order valence-corrected chi connectivity index (χ2v) is 8.32. The maximum Gasteiger partial charge on any atom is 0.254 e. The van der Waals surface area contributed by atoms with Crippen LogP contribution in [0.5, 0.6) is 0 Å². The van der Waals surface area contributed by atoms with Gasteiger partial charge in [0.05, 0.1) is 11.9 Å². The summed E-state index contributed by atoms with van der Waals surface area (Å²) in [5, 5.41) is 3.36. The summed E-state index contributed by atoms with van der Waals surface area (Å²) in [5.74, 6) is 0.0199. The van der Waals surface area contributed by atoms with Crippen molar-refractivity contribution in [1.82, 2.24) is 10.2 Å². The molecule has 2 aliphatic heterocycles. The molecule has 1 fully saturated rings. The SMILES string of the molecule is CC1NCCN(C(=O)c2ccc3c(c2)CCN3S(C)(=O)=O)C1C.Cl. The van der Waals surface area contributed by atoms with Gasteiger partial charge in [-0.15, -0.1) is 12.4 Å². The molecule has 1 saturated heterocycles. The van der Waals surface area contributed by atoms with Gasteiger partial charge in [-0.2, -0.15) is 0 Å². The third-order valence-electron chi connectivity index (χ3n) is 4.87. The Morgan fingerprint density at radius 2 is 1.96 bits per heavy atom. The number of sulfonamides is 1. The number of fused-ring (bicyclic) bond motifs is 1. The van der Waals surface area contributed by atoms with Gasteiger partial charge in [0.1, 0.15) is 0 Å². The topological polar surface area (TPSA) is 69.7 Å². The van der Waals surface area contributed by atoms with E-state index >= 15 is 0 Å². The zero-order chi connectivity index (χ0) is 16.8. The summed E-state index contributed by atoms with van der Waals surface area (Å²) in [6, 6.07) is 5.75. The van der Waals surface area contributed by atoms with Crippen LogP contribution in [0.2, 0.25) is 0 Å². The molecule has 0 aromatic heterocycles. The molecular formula is C16H24ClN3O3S. The Balaban J connectivity index is 0.00000208. The van der Waals surface area contributed by atoms with Gasteiger partial charge in [-0.05, 0) is 44.0 Å². The minimum absolute atomic E-state index is 0. The normalized spacial score (nSPS) is 23.6. The van der Waals surface area contributed by atoms with Crippen molar-refractivity contribution in [3.05, 3.63) is 29.3 Å². The molecule has 2 aliphatic rings. The summed E-state index contributed by atoms with van der Waals surface area (Å²) < 4.78 is 25.0. The van der Waals surface area contributed by atoms with Crippen LogP contribution >= 0.6 is 12.4 Å². The summed E-state index contributed by atoms with van der Waals surface area (Å²) in [7, 11) is -3.26. The molecule has 1 aromatic carbocycles. The van der Waals surface area contributed by atoms with E-state index in [2.05, 4.69) is 12.2 Å². The highest BCUT2D eigenvalue weighted by Gasteiger charge is 2.31. The highest BCUT2D eigenvalue weighted by atomic mass is 35.5. The first-order chi connectivity index (χ1) is 10.8. The quantitative estimate of drug-likeness (QED) is 0.847. The average Bonchev–Trinajstić information content (AvgIpc) is 2.92. The van der Waals surface area contributed by atoms with E-state index in [0.29, 0.717) is 30.8 Å². The van der Waals surface area contributed by atoms with Crippen molar-refractivity contribution in [3.8, 4) is 0 Å². The number of anilines is 1. The molecule has 134 valence electrons. The maximum absolute atomic E-state index is 12.8. The zero-order valence-electron chi connectivity index (χ0n) is 14.2. The molecular weight excluding hydrogens is 350 g/mol. The predicted octanol–water partition coefficient (Wildman–Crippen LogP) is 1.25. The zero-order valence-corrected chi connectivity index (χ0v) is 15.8. The molecule has 0 radical (unpaired) electrons. The summed E-state index contributed by atoms with van der Waals surface area (Å²) in [5.41, 5.74) is 2.27. The van der Waals surface area contributed by atoms with Crippen molar-refractivity contribution in [2.24, 2.45) is 0 Å². The van der Waals surface area contributed by atoms with Gasteiger partial charge in [0, 0.05) is 37.3 Å². The number of hydrogen-bond donors (Lipinski definition) is 1. The van der Waals surface area contributed by atoms with Crippen molar-refractivity contribution in [2.45, 2.75) is 32.4 Å². The number of amides is 1. The van der Waals surface area contributed by atoms with Crippen molar-refractivity contribution >= 4 is 34.0 Å². The minimum atomic E-state index is -3.26. The van der Waals surface area contributed by atoms with Crippen LogP contribution in [0.15, 0.2) is 18.2 Å². The lowest BCUT2D eigenvalue weighted by Gasteiger charge is -2.38. The van der Waals surface area contributed by atoms with Gasteiger partial charge in [0.2, 0.25) is 10.0 Å². The number of nitrogens with one attached hydrogen (secondary N) is 1. The van der Waals surface area contributed by atoms with E-state index in [1.807, 2.05) is 17.9 Å². The molecule has 1 N–H and O–H groups in total. The Kier molecular flexibility index (Phi) is 5.47.